The fraction of sp³-hybridized carbons (Fsp3) is 0.0638. The third-order valence-corrected chi connectivity index (χ3v) is 10.1. The van der Waals surface area contributed by atoms with Crippen LogP contribution in [0.25, 0.3) is 78.1 Å². The lowest BCUT2D eigenvalue weighted by molar-refractivity contribution is 0.666. The average molecular weight is 627 g/mol. The Labute approximate surface area is 287 Å². The fourth-order valence-corrected chi connectivity index (χ4v) is 7.65. The first-order valence-electron chi connectivity index (χ1n) is 16.9. The molecule has 0 aliphatic heterocycles. The number of hydrogen-bond acceptors (Lipinski definition) is 2. The lowest BCUT2D eigenvalue weighted by Crippen LogP contribution is -2.15. The molecular formula is C47H34N2. The van der Waals surface area contributed by atoms with Crippen LogP contribution in [0.15, 0.2) is 170 Å². The van der Waals surface area contributed by atoms with Crippen LogP contribution in [0.1, 0.15) is 25.0 Å². The van der Waals surface area contributed by atoms with Gasteiger partial charge in [0.15, 0.2) is 5.82 Å². The maximum absolute atomic E-state index is 5.03. The van der Waals surface area contributed by atoms with Crippen molar-refractivity contribution in [1.82, 2.24) is 9.97 Å². The Morgan fingerprint density at radius 1 is 0.408 bits per heavy atom. The van der Waals surface area contributed by atoms with Crippen LogP contribution >= 0.6 is 0 Å². The van der Waals surface area contributed by atoms with Gasteiger partial charge in [0.05, 0.1) is 11.4 Å². The van der Waals surface area contributed by atoms with Crippen molar-refractivity contribution >= 4 is 10.8 Å². The minimum absolute atomic E-state index is 0.0866. The van der Waals surface area contributed by atoms with Crippen LogP contribution in [-0.2, 0) is 5.41 Å². The maximum atomic E-state index is 5.03. The van der Waals surface area contributed by atoms with Gasteiger partial charge in [-0.2, -0.15) is 0 Å². The van der Waals surface area contributed by atoms with Gasteiger partial charge in [0, 0.05) is 22.1 Å². The summed E-state index contributed by atoms with van der Waals surface area (Å²) in [5, 5.41) is 2.62. The minimum atomic E-state index is -0.0866. The van der Waals surface area contributed by atoms with E-state index in [0.29, 0.717) is 0 Å². The Morgan fingerprint density at radius 2 is 0.980 bits per heavy atom. The Hall–Kier alpha value is -6.12. The number of fused-ring (bicyclic) bond motifs is 5. The number of benzene rings is 7. The SMILES string of the molecule is CC1(C)c2ccccc2-c2c(-c3cccc(-c4ccc(-c5cc(-c6ccccc6)nc(-c6ccccc6)n5)cc4)c3)cc3ccccc3c21. The zero-order valence-electron chi connectivity index (χ0n) is 27.6. The topological polar surface area (TPSA) is 25.8 Å². The van der Waals surface area contributed by atoms with Gasteiger partial charge in [0.25, 0.3) is 0 Å². The van der Waals surface area contributed by atoms with Crippen LogP contribution in [0, 0.1) is 0 Å². The highest BCUT2D eigenvalue weighted by molar-refractivity contribution is 6.05. The lowest BCUT2D eigenvalue weighted by atomic mass is 9.79. The van der Waals surface area contributed by atoms with E-state index in [1.165, 1.54) is 55.3 Å². The summed E-state index contributed by atoms with van der Waals surface area (Å²) >= 11 is 0. The smallest absolute Gasteiger partial charge is 0.160 e. The second-order valence-corrected chi connectivity index (χ2v) is 13.4. The van der Waals surface area contributed by atoms with E-state index in [0.717, 1.165) is 33.9 Å². The van der Waals surface area contributed by atoms with Gasteiger partial charge in [-0.05, 0) is 73.5 Å². The molecule has 0 fully saturated rings. The molecule has 2 heteroatoms. The minimum Gasteiger partial charge on any atom is -0.228 e. The Kier molecular flexibility index (Phi) is 6.84. The van der Waals surface area contributed by atoms with Crippen molar-refractivity contribution in [3.05, 3.63) is 181 Å². The van der Waals surface area contributed by atoms with Gasteiger partial charge >= 0.3 is 0 Å². The van der Waals surface area contributed by atoms with Crippen LogP contribution < -0.4 is 0 Å². The van der Waals surface area contributed by atoms with Crippen molar-refractivity contribution in [3.63, 3.8) is 0 Å². The molecule has 1 aromatic heterocycles. The largest absolute Gasteiger partial charge is 0.228 e. The quantitative estimate of drug-likeness (QED) is 0.190. The lowest BCUT2D eigenvalue weighted by Gasteiger charge is -2.24. The summed E-state index contributed by atoms with van der Waals surface area (Å²) in [4.78, 5) is 9.99. The molecule has 0 atom stereocenters. The molecule has 8 aromatic rings. The highest BCUT2D eigenvalue weighted by Gasteiger charge is 2.38. The zero-order chi connectivity index (χ0) is 33.0. The molecule has 0 bridgehead atoms. The number of hydrogen-bond donors (Lipinski definition) is 0. The number of aromatic nitrogens is 2. The van der Waals surface area contributed by atoms with E-state index < -0.39 is 0 Å². The van der Waals surface area contributed by atoms with Crippen molar-refractivity contribution in [2.75, 3.05) is 0 Å². The van der Waals surface area contributed by atoms with E-state index in [2.05, 4.69) is 147 Å². The van der Waals surface area contributed by atoms with E-state index in [-0.39, 0.29) is 5.41 Å². The average Bonchev–Trinajstić information content (AvgIpc) is 3.42. The van der Waals surface area contributed by atoms with Gasteiger partial charge in [-0.1, -0.05) is 166 Å². The molecule has 0 amide bonds. The highest BCUT2D eigenvalue weighted by atomic mass is 14.9. The van der Waals surface area contributed by atoms with Crippen molar-refractivity contribution in [3.8, 4) is 67.3 Å². The fourth-order valence-electron chi connectivity index (χ4n) is 7.65. The molecule has 7 aromatic carbocycles. The molecule has 232 valence electrons. The molecule has 0 saturated heterocycles. The van der Waals surface area contributed by atoms with E-state index in [4.69, 9.17) is 9.97 Å². The summed E-state index contributed by atoms with van der Waals surface area (Å²) in [6.07, 6.45) is 0. The summed E-state index contributed by atoms with van der Waals surface area (Å²) in [6, 6.07) is 60.6. The third-order valence-electron chi connectivity index (χ3n) is 10.1. The molecule has 1 aliphatic carbocycles. The van der Waals surface area contributed by atoms with E-state index in [9.17, 15) is 0 Å². The van der Waals surface area contributed by atoms with Crippen molar-refractivity contribution < 1.29 is 0 Å². The van der Waals surface area contributed by atoms with Gasteiger partial charge in [-0.15, -0.1) is 0 Å². The van der Waals surface area contributed by atoms with E-state index >= 15 is 0 Å². The first-order chi connectivity index (χ1) is 24.0. The molecule has 0 radical (unpaired) electrons. The molecule has 0 spiro atoms. The molecule has 0 unspecified atom stereocenters. The van der Waals surface area contributed by atoms with Crippen molar-refractivity contribution in [2.24, 2.45) is 0 Å². The van der Waals surface area contributed by atoms with Crippen LogP contribution in [-0.4, -0.2) is 9.97 Å². The van der Waals surface area contributed by atoms with Gasteiger partial charge in [-0.3, -0.25) is 0 Å². The van der Waals surface area contributed by atoms with Gasteiger partial charge in [0.1, 0.15) is 0 Å². The molecule has 1 heterocycles. The second-order valence-electron chi connectivity index (χ2n) is 13.4. The van der Waals surface area contributed by atoms with Gasteiger partial charge in [-0.25, -0.2) is 9.97 Å². The Bertz CT molecular complexity index is 2440. The Morgan fingerprint density at radius 3 is 1.73 bits per heavy atom. The first-order valence-corrected chi connectivity index (χ1v) is 16.9. The molecular weight excluding hydrogens is 593 g/mol. The highest BCUT2D eigenvalue weighted by Crippen LogP contribution is 2.54. The second kappa shape index (κ2) is 11.5. The molecule has 49 heavy (non-hydrogen) atoms. The predicted octanol–water partition coefficient (Wildman–Crippen LogP) is 12.3. The maximum Gasteiger partial charge on any atom is 0.160 e. The third kappa shape index (κ3) is 4.96. The summed E-state index contributed by atoms with van der Waals surface area (Å²) in [5.41, 5.74) is 15.2. The molecule has 1 aliphatic rings. The monoisotopic (exact) mass is 626 g/mol. The number of nitrogens with zero attached hydrogens (tertiary/aromatic N) is 2. The van der Waals surface area contributed by atoms with Gasteiger partial charge < -0.3 is 0 Å². The Balaban J connectivity index is 1.13. The van der Waals surface area contributed by atoms with Crippen molar-refractivity contribution in [2.45, 2.75) is 19.3 Å². The van der Waals surface area contributed by atoms with Crippen LogP contribution in [0.5, 0.6) is 0 Å². The summed E-state index contributed by atoms with van der Waals surface area (Å²) in [5.74, 6) is 0.724. The summed E-state index contributed by atoms with van der Waals surface area (Å²) in [7, 11) is 0. The molecule has 9 rings (SSSR count). The molecule has 0 N–H and O–H groups in total. The molecule has 2 nitrogen and oxygen atoms in total. The normalized spacial score (nSPS) is 12.9. The standard InChI is InChI=1S/C47H34N2/c1-47(2)41-23-12-11-22-39(41)44-40(29-37-18-9-10-21-38(37)45(44)47)36-20-13-19-35(28-36)31-24-26-33(27-25-31)43-30-42(32-14-5-3-6-15-32)48-46(49-43)34-16-7-4-8-17-34/h3-30H,1-2H3. The van der Waals surface area contributed by atoms with Crippen molar-refractivity contribution in [1.29, 1.82) is 0 Å². The number of rotatable bonds is 5. The first kappa shape index (κ1) is 29.1. The van der Waals surface area contributed by atoms with E-state index in [1.54, 1.807) is 0 Å². The van der Waals surface area contributed by atoms with Crippen LogP contribution in [0.2, 0.25) is 0 Å². The van der Waals surface area contributed by atoms with E-state index in [1.807, 2.05) is 36.4 Å². The van der Waals surface area contributed by atoms with Crippen LogP contribution in [0.4, 0.5) is 0 Å². The summed E-state index contributed by atoms with van der Waals surface area (Å²) in [6.45, 7) is 4.74. The summed E-state index contributed by atoms with van der Waals surface area (Å²) < 4.78 is 0. The van der Waals surface area contributed by atoms with Crippen LogP contribution in [0.3, 0.4) is 0 Å². The zero-order valence-corrected chi connectivity index (χ0v) is 27.6. The van der Waals surface area contributed by atoms with Gasteiger partial charge in [0.2, 0.25) is 0 Å². The predicted molar refractivity (Wildman–Crippen MR) is 204 cm³/mol. The molecule has 0 saturated carbocycles.